The molecular weight excluding hydrogens is 543 g/mol. The zero-order valence-electron chi connectivity index (χ0n) is 23.8. The second-order valence-corrected chi connectivity index (χ2v) is 10.3. The van der Waals surface area contributed by atoms with Crippen molar-refractivity contribution in [1.29, 1.82) is 0 Å². The van der Waals surface area contributed by atoms with Crippen LogP contribution in [-0.2, 0) is 6.42 Å². The van der Waals surface area contributed by atoms with Crippen molar-refractivity contribution in [3.8, 4) is 23.0 Å². The lowest BCUT2D eigenvalue weighted by molar-refractivity contribution is 0.0729. The van der Waals surface area contributed by atoms with Crippen molar-refractivity contribution in [2.75, 3.05) is 19.8 Å². The Labute approximate surface area is 246 Å². The van der Waals surface area contributed by atoms with Crippen molar-refractivity contribution >= 4 is 28.3 Å². The van der Waals surface area contributed by atoms with E-state index in [4.69, 9.17) is 30.5 Å². The summed E-state index contributed by atoms with van der Waals surface area (Å²) in [6.45, 7) is 7.33. The molecule has 0 fully saturated rings. The number of fused-ring (bicyclic) bond motifs is 1. The van der Waals surface area contributed by atoms with Crippen molar-refractivity contribution in [3.05, 3.63) is 94.3 Å². The fourth-order valence-electron chi connectivity index (χ4n) is 4.48. The molecule has 0 aromatic heterocycles. The summed E-state index contributed by atoms with van der Waals surface area (Å²) in [5.74, 6) is 0.283. The van der Waals surface area contributed by atoms with Gasteiger partial charge in [0.1, 0.15) is 5.82 Å². The Bertz CT molecular complexity index is 1470. The molecule has 4 rings (SSSR count). The third-order valence-corrected chi connectivity index (χ3v) is 6.69. The molecule has 0 spiro atoms. The summed E-state index contributed by atoms with van der Waals surface area (Å²) in [5.41, 5.74) is 2.76. The van der Waals surface area contributed by atoms with E-state index in [-0.39, 0.29) is 11.3 Å². The Morgan fingerprint density at radius 2 is 1.44 bits per heavy atom. The van der Waals surface area contributed by atoms with Gasteiger partial charge in [0.2, 0.25) is 11.5 Å². The number of ether oxygens (including phenoxy) is 4. The van der Waals surface area contributed by atoms with Gasteiger partial charge in [-0.3, -0.25) is 0 Å². The Hall–Kier alpha value is -3.77. The lowest BCUT2D eigenvalue weighted by Crippen LogP contribution is -2.12. The van der Waals surface area contributed by atoms with Gasteiger partial charge in [0.15, 0.2) is 11.5 Å². The number of carbonyl (C=O) groups excluding carboxylic acids is 1. The summed E-state index contributed by atoms with van der Waals surface area (Å²) in [7, 11) is 0. The Kier molecular flexibility index (Phi) is 10.9. The fourth-order valence-corrected chi connectivity index (χ4v) is 4.65. The zero-order chi connectivity index (χ0) is 29.2. The number of hydrogen-bond donors (Lipinski definition) is 0. The van der Waals surface area contributed by atoms with E-state index in [1.165, 1.54) is 35.4 Å². The normalized spacial score (nSPS) is 11.0. The molecule has 4 aromatic carbocycles. The van der Waals surface area contributed by atoms with Crippen molar-refractivity contribution < 1.29 is 28.1 Å². The average molecular weight is 579 g/mol. The van der Waals surface area contributed by atoms with Crippen LogP contribution in [-0.4, -0.2) is 25.8 Å². The van der Waals surface area contributed by atoms with E-state index < -0.39 is 11.8 Å². The van der Waals surface area contributed by atoms with Gasteiger partial charge in [0.05, 0.1) is 25.4 Å². The molecule has 7 heteroatoms. The molecule has 0 aliphatic rings. The molecule has 0 N–H and O–H groups in total. The number of hydrogen-bond acceptors (Lipinski definition) is 5. The van der Waals surface area contributed by atoms with Crippen LogP contribution in [0, 0.1) is 12.7 Å². The molecule has 0 saturated heterocycles. The molecule has 0 saturated carbocycles. The van der Waals surface area contributed by atoms with Crippen LogP contribution in [0.1, 0.15) is 61.0 Å². The SMILES string of the molecule is CCCOc1c(OCCC)c(OC(=O)c2ccc(F)cc2)c2ccc(Cl)cc2c1OCCCCc1cccc(C)c1. The maximum absolute atomic E-state index is 13.5. The molecule has 0 atom stereocenters. The van der Waals surface area contributed by atoms with Gasteiger partial charge in [-0.05, 0) is 87.1 Å². The van der Waals surface area contributed by atoms with E-state index >= 15 is 0 Å². The van der Waals surface area contributed by atoms with Crippen molar-refractivity contribution in [2.24, 2.45) is 0 Å². The monoisotopic (exact) mass is 578 g/mol. The molecule has 0 aliphatic heterocycles. The lowest BCUT2D eigenvalue weighted by atomic mass is 10.1. The minimum absolute atomic E-state index is 0.206. The Balaban J connectivity index is 1.70. The maximum Gasteiger partial charge on any atom is 0.343 e. The van der Waals surface area contributed by atoms with Crippen LogP contribution >= 0.6 is 11.6 Å². The highest BCUT2D eigenvalue weighted by Gasteiger charge is 2.27. The summed E-state index contributed by atoms with van der Waals surface area (Å²) >= 11 is 6.43. The number of unbranched alkanes of at least 4 members (excludes halogenated alkanes) is 1. The minimum atomic E-state index is -0.645. The van der Waals surface area contributed by atoms with Gasteiger partial charge >= 0.3 is 5.97 Å². The van der Waals surface area contributed by atoms with Gasteiger partial charge in [-0.2, -0.15) is 0 Å². The largest absolute Gasteiger partial charge is 0.489 e. The van der Waals surface area contributed by atoms with E-state index in [2.05, 4.69) is 31.2 Å². The van der Waals surface area contributed by atoms with Gasteiger partial charge in [0.25, 0.3) is 0 Å². The molecule has 4 aromatic rings. The van der Waals surface area contributed by atoms with Crippen LogP contribution in [0.15, 0.2) is 66.7 Å². The van der Waals surface area contributed by atoms with Crippen LogP contribution in [0.2, 0.25) is 5.02 Å². The summed E-state index contributed by atoms with van der Waals surface area (Å²) in [4.78, 5) is 13.2. The van der Waals surface area contributed by atoms with Crippen LogP contribution in [0.25, 0.3) is 10.8 Å². The smallest absolute Gasteiger partial charge is 0.343 e. The highest BCUT2D eigenvalue weighted by atomic mass is 35.5. The topological polar surface area (TPSA) is 54.0 Å². The van der Waals surface area contributed by atoms with E-state index in [1.54, 1.807) is 18.2 Å². The molecule has 0 bridgehead atoms. The van der Waals surface area contributed by atoms with Crippen LogP contribution in [0.5, 0.6) is 23.0 Å². The molecular formula is C34H36ClFO5. The highest BCUT2D eigenvalue weighted by Crippen LogP contribution is 2.52. The predicted molar refractivity (Wildman–Crippen MR) is 162 cm³/mol. The van der Waals surface area contributed by atoms with Crippen molar-refractivity contribution in [2.45, 2.75) is 52.9 Å². The number of rotatable bonds is 14. The van der Waals surface area contributed by atoms with Gasteiger partial charge in [-0.25, -0.2) is 9.18 Å². The number of carbonyl (C=O) groups is 1. The predicted octanol–water partition coefficient (Wildman–Crippen LogP) is 9.14. The number of benzene rings is 4. The second-order valence-electron chi connectivity index (χ2n) is 9.89. The summed E-state index contributed by atoms with van der Waals surface area (Å²) in [6.07, 6.45) is 4.23. The molecule has 0 unspecified atom stereocenters. The summed E-state index contributed by atoms with van der Waals surface area (Å²) < 4.78 is 38.2. The number of aryl methyl sites for hydroxylation is 2. The first-order chi connectivity index (χ1) is 19.9. The Morgan fingerprint density at radius 1 is 0.756 bits per heavy atom. The van der Waals surface area contributed by atoms with Gasteiger partial charge in [-0.15, -0.1) is 0 Å². The average Bonchev–Trinajstić information content (AvgIpc) is 2.96. The summed E-state index contributed by atoms with van der Waals surface area (Å²) in [6, 6.07) is 19.0. The van der Waals surface area contributed by atoms with Gasteiger partial charge in [-0.1, -0.05) is 55.3 Å². The second kappa shape index (κ2) is 14.7. The first kappa shape index (κ1) is 30.2. The standard InChI is InChI=1S/C34H36ClFO5/c1-4-18-38-32-30(40-20-7-6-10-24-11-8-9-23(3)21-24)29-22-26(35)14-17-28(29)31(33(32)39-19-5-2)41-34(37)25-12-15-27(36)16-13-25/h8-9,11-17,21-22H,4-7,10,18-20H2,1-3H3. The molecule has 5 nitrogen and oxygen atoms in total. The minimum Gasteiger partial charge on any atom is -0.489 e. The number of halogens is 2. The van der Waals surface area contributed by atoms with Gasteiger partial charge < -0.3 is 18.9 Å². The highest BCUT2D eigenvalue weighted by molar-refractivity contribution is 6.31. The van der Waals surface area contributed by atoms with Crippen LogP contribution in [0.3, 0.4) is 0 Å². The van der Waals surface area contributed by atoms with Crippen LogP contribution < -0.4 is 18.9 Å². The van der Waals surface area contributed by atoms with Crippen molar-refractivity contribution in [3.63, 3.8) is 0 Å². The Morgan fingerprint density at radius 3 is 2.12 bits per heavy atom. The first-order valence-electron chi connectivity index (χ1n) is 14.1. The number of esters is 1. The van der Waals surface area contributed by atoms with Gasteiger partial charge in [0, 0.05) is 15.8 Å². The van der Waals surface area contributed by atoms with Crippen molar-refractivity contribution in [1.82, 2.24) is 0 Å². The molecule has 216 valence electrons. The maximum atomic E-state index is 13.5. The van der Waals surface area contributed by atoms with E-state index in [1.807, 2.05) is 13.8 Å². The molecule has 41 heavy (non-hydrogen) atoms. The third kappa shape index (κ3) is 7.92. The zero-order valence-corrected chi connectivity index (χ0v) is 24.6. The molecule has 0 heterocycles. The van der Waals surface area contributed by atoms with E-state index in [0.29, 0.717) is 52.9 Å². The van der Waals surface area contributed by atoms with E-state index in [0.717, 1.165) is 32.1 Å². The first-order valence-corrected chi connectivity index (χ1v) is 14.5. The third-order valence-electron chi connectivity index (χ3n) is 6.45. The molecule has 0 amide bonds. The molecule has 0 radical (unpaired) electrons. The molecule has 0 aliphatic carbocycles. The van der Waals surface area contributed by atoms with Crippen LogP contribution in [0.4, 0.5) is 4.39 Å². The lowest BCUT2D eigenvalue weighted by Gasteiger charge is -2.22. The summed E-state index contributed by atoms with van der Waals surface area (Å²) in [5, 5.41) is 1.74. The fraction of sp³-hybridized carbons (Fsp3) is 0.324. The quantitative estimate of drug-likeness (QED) is 0.0848. The van der Waals surface area contributed by atoms with E-state index in [9.17, 15) is 9.18 Å².